The van der Waals surface area contributed by atoms with Crippen molar-refractivity contribution in [3.63, 3.8) is 0 Å². The van der Waals surface area contributed by atoms with Gasteiger partial charge in [0.1, 0.15) is 0 Å². The summed E-state index contributed by atoms with van der Waals surface area (Å²) >= 11 is 0. The summed E-state index contributed by atoms with van der Waals surface area (Å²) in [4.78, 5) is 3.64. The van der Waals surface area contributed by atoms with Crippen LogP contribution in [-0.4, -0.2) is 12.8 Å². The molecule has 0 rings (SSSR count). The largest absolute Gasteiger partial charge is 0.298 e. The van der Waals surface area contributed by atoms with Crippen LogP contribution in [0.15, 0.2) is 29.8 Å². The topological polar surface area (TPSA) is 12.4 Å². The molecule has 10 heavy (non-hydrogen) atoms. The SMILES string of the molecule is C=C/C=C\C.C=NC(C)C. The molecule has 0 aliphatic heterocycles. The van der Waals surface area contributed by atoms with Crippen LogP contribution in [0.4, 0.5) is 0 Å². The Morgan fingerprint density at radius 2 is 1.80 bits per heavy atom. The van der Waals surface area contributed by atoms with E-state index in [0.717, 1.165) is 0 Å². The van der Waals surface area contributed by atoms with E-state index in [1.54, 1.807) is 6.08 Å². The van der Waals surface area contributed by atoms with E-state index in [1.165, 1.54) is 0 Å². The van der Waals surface area contributed by atoms with E-state index in [9.17, 15) is 0 Å². The number of aliphatic imine (C=N–C) groups is 1. The normalized spacial score (nSPS) is 8.80. The lowest BCUT2D eigenvalue weighted by Gasteiger charge is -1.85. The molecule has 0 amide bonds. The maximum absolute atomic E-state index is 3.64. The molecule has 1 heteroatoms. The van der Waals surface area contributed by atoms with E-state index in [1.807, 2.05) is 32.9 Å². The third kappa shape index (κ3) is 27.3. The van der Waals surface area contributed by atoms with Crippen molar-refractivity contribution >= 4 is 6.72 Å². The Morgan fingerprint density at radius 3 is 1.80 bits per heavy atom. The highest BCUT2D eigenvalue weighted by atomic mass is 14.7. The van der Waals surface area contributed by atoms with E-state index in [2.05, 4.69) is 18.3 Å². The Hall–Kier alpha value is -0.850. The Balaban J connectivity index is 0. The van der Waals surface area contributed by atoms with Crippen LogP contribution in [0.25, 0.3) is 0 Å². The van der Waals surface area contributed by atoms with Gasteiger partial charge in [-0.25, -0.2) is 0 Å². The second-order valence-electron chi connectivity index (χ2n) is 2.04. The van der Waals surface area contributed by atoms with E-state index >= 15 is 0 Å². The molecule has 0 aliphatic carbocycles. The molecule has 0 bridgehead atoms. The Bertz CT molecular complexity index is 101. The number of hydrogen-bond acceptors (Lipinski definition) is 1. The summed E-state index contributed by atoms with van der Waals surface area (Å²) in [6.07, 6.45) is 5.58. The third-order valence-electron chi connectivity index (χ3n) is 0.694. The Kier molecular flexibility index (Phi) is 13.1. The standard InChI is InChI=1S/C5H8.C4H9N/c1-3-5-4-2;1-4(2)5-3/h3-5H,1H2,2H3;4H,3H2,1-2H3/b5-4-;. The van der Waals surface area contributed by atoms with Gasteiger partial charge in [0, 0.05) is 6.04 Å². The summed E-state index contributed by atoms with van der Waals surface area (Å²) in [5.74, 6) is 0. The quantitative estimate of drug-likeness (QED) is 0.412. The molecule has 0 unspecified atom stereocenters. The minimum absolute atomic E-state index is 0.398. The van der Waals surface area contributed by atoms with Crippen LogP contribution in [0.1, 0.15) is 20.8 Å². The van der Waals surface area contributed by atoms with Crippen LogP contribution in [-0.2, 0) is 0 Å². The van der Waals surface area contributed by atoms with Crippen LogP contribution in [0.3, 0.4) is 0 Å². The Morgan fingerprint density at radius 1 is 1.40 bits per heavy atom. The molecule has 0 saturated heterocycles. The van der Waals surface area contributed by atoms with Gasteiger partial charge in [0.05, 0.1) is 0 Å². The number of allylic oxidation sites excluding steroid dienone is 3. The van der Waals surface area contributed by atoms with Crippen molar-refractivity contribution in [2.45, 2.75) is 26.8 Å². The lowest BCUT2D eigenvalue weighted by Crippen LogP contribution is -1.82. The molecule has 0 aromatic carbocycles. The fourth-order valence-corrected chi connectivity index (χ4v) is 0.136. The zero-order valence-corrected chi connectivity index (χ0v) is 7.17. The van der Waals surface area contributed by atoms with Gasteiger partial charge in [-0.2, -0.15) is 0 Å². The van der Waals surface area contributed by atoms with Gasteiger partial charge in [0.25, 0.3) is 0 Å². The molecular weight excluding hydrogens is 122 g/mol. The highest BCUT2D eigenvalue weighted by Crippen LogP contribution is 1.77. The number of hydrogen-bond donors (Lipinski definition) is 0. The lowest BCUT2D eigenvalue weighted by molar-refractivity contribution is 0.844. The van der Waals surface area contributed by atoms with Gasteiger partial charge >= 0.3 is 0 Å². The third-order valence-corrected chi connectivity index (χ3v) is 0.694. The monoisotopic (exact) mass is 139 g/mol. The van der Waals surface area contributed by atoms with Gasteiger partial charge in [-0.15, -0.1) is 0 Å². The molecule has 0 fully saturated rings. The lowest BCUT2D eigenvalue weighted by atomic mass is 10.4. The molecule has 1 nitrogen and oxygen atoms in total. The number of nitrogens with zero attached hydrogens (tertiary/aromatic N) is 1. The maximum atomic E-state index is 3.64. The van der Waals surface area contributed by atoms with Crippen molar-refractivity contribution in [1.82, 2.24) is 0 Å². The van der Waals surface area contributed by atoms with Crippen molar-refractivity contribution in [1.29, 1.82) is 0 Å². The fourth-order valence-electron chi connectivity index (χ4n) is 0.136. The van der Waals surface area contributed by atoms with Gasteiger partial charge in [-0.05, 0) is 27.5 Å². The average molecular weight is 139 g/mol. The second-order valence-corrected chi connectivity index (χ2v) is 2.04. The predicted molar refractivity (Wildman–Crippen MR) is 49.7 cm³/mol. The predicted octanol–water partition coefficient (Wildman–Crippen LogP) is 2.84. The second kappa shape index (κ2) is 11.0. The molecule has 0 saturated carbocycles. The molecule has 0 spiro atoms. The molecule has 58 valence electrons. The minimum Gasteiger partial charge on any atom is -0.298 e. The molecule has 0 aliphatic rings. The summed E-state index contributed by atoms with van der Waals surface area (Å²) in [5.41, 5.74) is 0. The van der Waals surface area contributed by atoms with Crippen LogP contribution >= 0.6 is 0 Å². The molecule has 0 N–H and O–H groups in total. The smallest absolute Gasteiger partial charge is 0.0436 e. The first-order valence-corrected chi connectivity index (χ1v) is 3.38. The van der Waals surface area contributed by atoms with Crippen LogP contribution in [0.2, 0.25) is 0 Å². The van der Waals surface area contributed by atoms with Gasteiger partial charge in [-0.1, -0.05) is 24.8 Å². The van der Waals surface area contributed by atoms with E-state index < -0.39 is 0 Å². The summed E-state index contributed by atoms with van der Waals surface area (Å²) < 4.78 is 0. The highest BCUT2D eigenvalue weighted by Gasteiger charge is 1.74. The summed E-state index contributed by atoms with van der Waals surface area (Å²) in [7, 11) is 0. The van der Waals surface area contributed by atoms with Crippen molar-refractivity contribution in [3.05, 3.63) is 24.8 Å². The summed E-state index contributed by atoms with van der Waals surface area (Å²) in [6.45, 7) is 12.7. The zero-order valence-electron chi connectivity index (χ0n) is 7.17. The molecular formula is C9H17N. The molecule has 0 aromatic rings. The summed E-state index contributed by atoms with van der Waals surface area (Å²) in [6, 6.07) is 0.398. The Labute approximate surface area is 64.2 Å². The van der Waals surface area contributed by atoms with Gasteiger partial charge in [0.2, 0.25) is 0 Å². The van der Waals surface area contributed by atoms with Crippen molar-refractivity contribution in [2.75, 3.05) is 0 Å². The average Bonchev–Trinajstić information content (AvgIpc) is 1.91. The minimum atomic E-state index is 0.398. The summed E-state index contributed by atoms with van der Waals surface area (Å²) in [5, 5.41) is 0. The van der Waals surface area contributed by atoms with Crippen molar-refractivity contribution in [3.8, 4) is 0 Å². The molecule has 0 aromatic heterocycles. The van der Waals surface area contributed by atoms with Crippen molar-refractivity contribution in [2.24, 2.45) is 4.99 Å². The van der Waals surface area contributed by atoms with E-state index in [0.29, 0.717) is 6.04 Å². The van der Waals surface area contributed by atoms with Crippen LogP contribution in [0, 0.1) is 0 Å². The van der Waals surface area contributed by atoms with Crippen LogP contribution in [0.5, 0.6) is 0 Å². The molecule has 0 heterocycles. The number of rotatable bonds is 2. The van der Waals surface area contributed by atoms with E-state index in [-0.39, 0.29) is 0 Å². The fraction of sp³-hybridized carbons (Fsp3) is 0.444. The molecule has 0 atom stereocenters. The van der Waals surface area contributed by atoms with E-state index in [4.69, 9.17) is 0 Å². The van der Waals surface area contributed by atoms with Gasteiger partial charge < -0.3 is 0 Å². The zero-order chi connectivity index (χ0) is 8.41. The molecule has 0 radical (unpaired) electrons. The van der Waals surface area contributed by atoms with Gasteiger partial charge in [-0.3, -0.25) is 4.99 Å². The van der Waals surface area contributed by atoms with Crippen molar-refractivity contribution < 1.29 is 0 Å². The first kappa shape index (κ1) is 11.9. The van der Waals surface area contributed by atoms with Gasteiger partial charge in [0.15, 0.2) is 0 Å². The van der Waals surface area contributed by atoms with Crippen LogP contribution < -0.4 is 0 Å². The first-order valence-electron chi connectivity index (χ1n) is 3.38. The maximum Gasteiger partial charge on any atom is 0.0436 e. The first-order chi connectivity index (χ1) is 4.68. The highest BCUT2D eigenvalue weighted by molar-refractivity contribution is 5.23.